The van der Waals surface area contributed by atoms with Crippen molar-refractivity contribution in [2.24, 2.45) is 5.10 Å². The molecular weight excluding hydrogens is 341 g/mol. The van der Waals surface area contributed by atoms with Crippen molar-refractivity contribution in [3.63, 3.8) is 0 Å². The van der Waals surface area contributed by atoms with Crippen LogP contribution in [0.25, 0.3) is 0 Å². The van der Waals surface area contributed by atoms with Gasteiger partial charge >= 0.3 is 0 Å². The first-order valence-corrected chi connectivity index (χ1v) is 9.04. The summed E-state index contributed by atoms with van der Waals surface area (Å²) in [7, 11) is -2.02. The Morgan fingerprint density at radius 3 is 2.70 bits per heavy atom. The maximum Gasteiger partial charge on any atom is 0.271 e. The van der Waals surface area contributed by atoms with E-state index in [9.17, 15) is 17.6 Å². The molecule has 1 aliphatic heterocycles. The smallest absolute Gasteiger partial charge is 0.271 e. The number of benzene rings is 1. The highest BCUT2D eigenvalue weighted by Crippen LogP contribution is 2.32. The maximum absolute atomic E-state index is 12.8. The van der Waals surface area contributed by atoms with Gasteiger partial charge in [-0.3, -0.25) is 9.10 Å². The second-order valence-corrected chi connectivity index (χ2v) is 7.78. The Balaban J connectivity index is 1.87. The fourth-order valence-corrected chi connectivity index (χ4v) is 4.38. The summed E-state index contributed by atoms with van der Waals surface area (Å²) in [6, 6.07) is 6.67. The molecule has 1 aromatic heterocycles. The van der Waals surface area contributed by atoms with Crippen molar-refractivity contribution < 1.29 is 17.6 Å². The molecule has 1 amide bonds. The number of carbonyl (C=O) groups is 1. The minimum atomic E-state index is -3.50. The van der Waals surface area contributed by atoms with Gasteiger partial charge in [-0.2, -0.15) is 5.10 Å². The summed E-state index contributed by atoms with van der Waals surface area (Å²) >= 11 is 1.35. The average Bonchev–Trinajstić information content (AvgIpc) is 2.99. The molecular formula is C14H12FN3O3S2. The first-order chi connectivity index (χ1) is 10.9. The van der Waals surface area contributed by atoms with E-state index in [4.69, 9.17) is 0 Å². The van der Waals surface area contributed by atoms with Crippen molar-refractivity contribution in [3.8, 4) is 0 Å². The van der Waals surface area contributed by atoms with E-state index in [1.165, 1.54) is 47.0 Å². The molecule has 0 atom stereocenters. The highest BCUT2D eigenvalue weighted by Gasteiger charge is 2.32. The number of hydrazone groups is 1. The average molecular weight is 353 g/mol. The Hall–Kier alpha value is -2.26. The lowest BCUT2D eigenvalue weighted by Gasteiger charge is -2.25. The Bertz CT molecular complexity index is 888. The van der Waals surface area contributed by atoms with Crippen molar-refractivity contribution in [1.82, 2.24) is 5.43 Å². The summed E-state index contributed by atoms with van der Waals surface area (Å²) in [4.78, 5) is 12.7. The lowest BCUT2D eigenvalue weighted by Crippen LogP contribution is -2.38. The fraction of sp³-hybridized carbons (Fsp3) is 0.143. The summed E-state index contributed by atoms with van der Waals surface area (Å²) < 4.78 is 38.3. The number of thiophene rings is 1. The lowest BCUT2D eigenvalue weighted by molar-refractivity contribution is 0.0955. The summed E-state index contributed by atoms with van der Waals surface area (Å²) in [5, 5.41) is 5.72. The molecule has 2 aromatic rings. The molecule has 120 valence electrons. The van der Waals surface area contributed by atoms with Gasteiger partial charge in [0, 0.05) is 12.6 Å². The molecule has 0 bridgehead atoms. The third-order valence-corrected chi connectivity index (χ3v) is 6.00. The summed E-state index contributed by atoms with van der Waals surface area (Å²) in [5.41, 5.74) is 3.37. The largest absolute Gasteiger partial charge is 0.271 e. The highest BCUT2D eigenvalue weighted by molar-refractivity contribution is 7.93. The molecule has 0 spiro atoms. The zero-order valence-corrected chi connectivity index (χ0v) is 13.6. The lowest BCUT2D eigenvalue weighted by atomic mass is 10.2. The van der Waals surface area contributed by atoms with Gasteiger partial charge in [0.15, 0.2) is 0 Å². The van der Waals surface area contributed by atoms with Gasteiger partial charge in [0.25, 0.3) is 5.91 Å². The monoisotopic (exact) mass is 353 g/mol. The number of rotatable bonds is 2. The summed E-state index contributed by atoms with van der Waals surface area (Å²) in [5.74, 6) is -1.27. The second kappa shape index (κ2) is 5.74. The Kier molecular flexibility index (Phi) is 3.90. The highest BCUT2D eigenvalue weighted by atomic mass is 32.2. The number of nitrogens with zero attached hydrogens (tertiary/aromatic N) is 2. The van der Waals surface area contributed by atoms with Crippen LogP contribution in [-0.4, -0.2) is 32.8 Å². The van der Waals surface area contributed by atoms with Crippen molar-refractivity contribution in [2.75, 3.05) is 17.1 Å². The molecule has 1 N–H and O–H groups in total. The van der Waals surface area contributed by atoms with E-state index in [1.807, 2.05) is 0 Å². The predicted octanol–water partition coefficient (Wildman–Crippen LogP) is 1.80. The van der Waals surface area contributed by atoms with Crippen LogP contribution in [0.3, 0.4) is 0 Å². The zero-order chi connectivity index (χ0) is 16.6. The van der Waals surface area contributed by atoms with Crippen LogP contribution in [0.2, 0.25) is 0 Å². The van der Waals surface area contributed by atoms with Gasteiger partial charge in [-0.1, -0.05) is 0 Å². The van der Waals surface area contributed by atoms with Crippen LogP contribution in [0, 0.1) is 5.82 Å². The van der Waals surface area contributed by atoms with Crippen LogP contribution >= 0.6 is 11.3 Å². The zero-order valence-electron chi connectivity index (χ0n) is 12.0. The van der Waals surface area contributed by atoms with Crippen molar-refractivity contribution in [3.05, 3.63) is 52.0 Å². The number of sulfonamides is 1. The topological polar surface area (TPSA) is 78.8 Å². The van der Waals surface area contributed by atoms with Gasteiger partial charge in [0.2, 0.25) is 10.0 Å². The van der Waals surface area contributed by atoms with E-state index in [2.05, 4.69) is 10.5 Å². The van der Waals surface area contributed by atoms with Gasteiger partial charge in [-0.05, 0) is 35.7 Å². The van der Waals surface area contributed by atoms with Gasteiger partial charge in [0.1, 0.15) is 11.6 Å². The first-order valence-electron chi connectivity index (χ1n) is 6.55. The molecule has 1 aliphatic rings. The molecule has 0 saturated carbocycles. The molecule has 6 nitrogen and oxygen atoms in total. The molecule has 3 rings (SSSR count). The number of hydrogen-bond acceptors (Lipinski definition) is 5. The van der Waals surface area contributed by atoms with Crippen LogP contribution in [0.1, 0.15) is 15.2 Å². The van der Waals surface area contributed by atoms with E-state index in [0.717, 1.165) is 0 Å². The molecule has 0 saturated heterocycles. The first kappa shape index (κ1) is 15.6. The number of amides is 1. The van der Waals surface area contributed by atoms with Gasteiger partial charge in [0.05, 0.1) is 16.3 Å². The minimum absolute atomic E-state index is 0.234. The Morgan fingerprint density at radius 1 is 1.30 bits per heavy atom. The van der Waals surface area contributed by atoms with E-state index in [1.54, 1.807) is 11.4 Å². The van der Waals surface area contributed by atoms with Gasteiger partial charge in [-0.25, -0.2) is 18.2 Å². The van der Waals surface area contributed by atoms with Crippen LogP contribution in [0.15, 0.2) is 40.8 Å². The Morgan fingerprint density at radius 2 is 2.00 bits per heavy atom. The molecule has 0 aliphatic carbocycles. The van der Waals surface area contributed by atoms with E-state index in [-0.39, 0.29) is 17.0 Å². The third-order valence-electron chi connectivity index (χ3n) is 3.38. The Labute approximate surface area is 136 Å². The van der Waals surface area contributed by atoms with Gasteiger partial charge in [-0.15, -0.1) is 11.3 Å². The maximum atomic E-state index is 12.8. The molecule has 0 unspecified atom stereocenters. The number of nitrogens with one attached hydrogen (secondary N) is 1. The number of carbonyl (C=O) groups excluding carboxylic acids is 1. The molecule has 0 fully saturated rings. The number of fused-ring (bicyclic) bond motifs is 1. The second-order valence-electron chi connectivity index (χ2n) is 4.87. The SMILES string of the molecule is CN1c2ccsc2/C(=N\NC(=O)c2ccc(F)cc2)CS1(=O)=O. The molecule has 0 radical (unpaired) electrons. The van der Waals surface area contributed by atoms with E-state index >= 15 is 0 Å². The molecule has 1 aromatic carbocycles. The van der Waals surface area contributed by atoms with Gasteiger partial charge < -0.3 is 0 Å². The molecule has 23 heavy (non-hydrogen) atoms. The number of anilines is 1. The summed E-state index contributed by atoms with van der Waals surface area (Å²) in [6.07, 6.45) is 0. The van der Waals surface area contributed by atoms with Crippen LogP contribution in [0.5, 0.6) is 0 Å². The quantitative estimate of drug-likeness (QED) is 0.836. The van der Waals surface area contributed by atoms with E-state index < -0.39 is 21.7 Å². The number of hydrogen-bond donors (Lipinski definition) is 1. The van der Waals surface area contributed by atoms with Crippen molar-refractivity contribution in [1.29, 1.82) is 0 Å². The number of halogens is 1. The van der Waals surface area contributed by atoms with Crippen LogP contribution in [0.4, 0.5) is 10.1 Å². The third kappa shape index (κ3) is 2.97. The normalized spacial score (nSPS) is 17.8. The van der Waals surface area contributed by atoms with E-state index in [0.29, 0.717) is 10.6 Å². The molecule has 9 heteroatoms. The molecule has 2 heterocycles. The standard InChI is InChI=1S/C14H12FN3O3S2/c1-18-12-6-7-22-13(12)11(8-23(18,20)21)16-17-14(19)9-2-4-10(15)5-3-9/h2-7H,8H2,1H3,(H,17,19)/b16-11-. The van der Waals surface area contributed by atoms with Crippen molar-refractivity contribution in [2.45, 2.75) is 0 Å². The predicted molar refractivity (Wildman–Crippen MR) is 86.9 cm³/mol. The van der Waals surface area contributed by atoms with Crippen LogP contribution < -0.4 is 9.73 Å². The van der Waals surface area contributed by atoms with Crippen molar-refractivity contribution >= 4 is 38.7 Å². The van der Waals surface area contributed by atoms with Crippen LogP contribution in [-0.2, 0) is 10.0 Å². The fourth-order valence-electron chi connectivity index (χ4n) is 2.12. The minimum Gasteiger partial charge on any atom is -0.271 e. The summed E-state index contributed by atoms with van der Waals surface area (Å²) in [6.45, 7) is 0.